The quantitative estimate of drug-likeness (QED) is 0.869. The van der Waals surface area contributed by atoms with Crippen LogP contribution in [-0.4, -0.2) is 39.0 Å². The highest BCUT2D eigenvalue weighted by atomic mass is 79.9. The molecule has 0 spiro atoms. The standard InChI is InChI=1S/C13H17BrF2N2O2S/c1-2-18-5-3-10(4-6-18)17-21(19,20)13-11(14)7-9(15)8-12(13)16/h7-8,10,17H,2-6H2,1H3. The van der Waals surface area contributed by atoms with Gasteiger partial charge < -0.3 is 4.90 Å². The van der Waals surface area contributed by atoms with E-state index in [2.05, 4.69) is 32.5 Å². The van der Waals surface area contributed by atoms with Crippen LogP contribution in [0.5, 0.6) is 0 Å². The van der Waals surface area contributed by atoms with Crippen molar-refractivity contribution in [1.29, 1.82) is 0 Å². The highest BCUT2D eigenvalue weighted by Crippen LogP contribution is 2.27. The number of nitrogens with zero attached hydrogens (tertiary/aromatic N) is 1. The number of rotatable bonds is 4. The molecular weight excluding hydrogens is 366 g/mol. The van der Waals surface area contributed by atoms with Crippen molar-refractivity contribution in [1.82, 2.24) is 9.62 Å². The molecule has 2 rings (SSSR count). The maximum absolute atomic E-state index is 13.8. The Hall–Kier alpha value is -0.570. The van der Waals surface area contributed by atoms with Crippen LogP contribution in [0, 0.1) is 11.6 Å². The van der Waals surface area contributed by atoms with Crippen molar-refractivity contribution in [3.05, 3.63) is 28.2 Å². The average Bonchev–Trinajstić information content (AvgIpc) is 2.37. The van der Waals surface area contributed by atoms with Gasteiger partial charge in [-0.05, 0) is 54.5 Å². The summed E-state index contributed by atoms with van der Waals surface area (Å²) in [5.41, 5.74) is 0. The van der Waals surface area contributed by atoms with Crippen LogP contribution in [0.25, 0.3) is 0 Å². The number of hydrogen-bond donors (Lipinski definition) is 1. The third-order valence-corrected chi connectivity index (χ3v) is 6.07. The lowest BCUT2D eigenvalue weighted by molar-refractivity contribution is 0.217. The van der Waals surface area contributed by atoms with Gasteiger partial charge in [0.15, 0.2) is 0 Å². The predicted octanol–water partition coefficient (Wildman–Crippen LogP) is 2.49. The Kier molecular flexibility index (Phi) is 5.34. The first kappa shape index (κ1) is 16.8. The summed E-state index contributed by atoms with van der Waals surface area (Å²) in [6, 6.07) is 1.28. The lowest BCUT2D eigenvalue weighted by Gasteiger charge is -2.31. The molecule has 1 saturated heterocycles. The molecule has 0 unspecified atom stereocenters. The monoisotopic (exact) mass is 382 g/mol. The van der Waals surface area contributed by atoms with Crippen LogP contribution in [0.4, 0.5) is 8.78 Å². The second-order valence-corrected chi connectivity index (χ2v) is 7.53. The molecule has 1 aromatic carbocycles. The molecule has 8 heteroatoms. The molecule has 0 saturated carbocycles. The van der Waals surface area contributed by atoms with E-state index in [4.69, 9.17) is 0 Å². The van der Waals surface area contributed by atoms with E-state index < -0.39 is 26.6 Å². The summed E-state index contributed by atoms with van der Waals surface area (Å²) in [6.07, 6.45) is 1.35. The summed E-state index contributed by atoms with van der Waals surface area (Å²) >= 11 is 2.91. The molecule has 1 N–H and O–H groups in total. The highest BCUT2D eigenvalue weighted by molar-refractivity contribution is 9.10. The Morgan fingerprint density at radius 1 is 1.33 bits per heavy atom. The second kappa shape index (κ2) is 6.68. The van der Waals surface area contributed by atoms with Crippen LogP contribution in [0.15, 0.2) is 21.5 Å². The van der Waals surface area contributed by atoms with E-state index in [-0.39, 0.29) is 10.5 Å². The van der Waals surface area contributed by atoms with Crippen molar-refractivity contribution in [2.45, 2.75) is 30.7 Å². The third-order valence-electron chi connectivity index (χ3n) is 3.59. The summed E-state index contributed by atoms with van der Waals surface area (Å²) in [5.74, 6) is -1.92. The fourth-order valence-electron chi connectivity index (χ4n) is 2.43. The molecule has 118 valence electrons. The van der Waals surface area contributed by atoms with E-state index in [9.17, 15) is 17.2 Å². The molecule has 1 aromatic rings. The zero-order valence-electron chi connectivity index (χ0n) is 11.6. The van der Waals surface area contributed by atoms with Crippen molar-refractivity contribution >= 4 is 26.0 Å². The van der Waals surface area contributed by atoms with Gasteiger partial charge in [-0.25, -0.2) is 21.9 Å². The number of sulfonamides is 1. The smallest absolute Gasteiger partial charge is 0.244 e. The summed E-state index contributed by atoms with van der Waals surface area (Å²) in [4.78, 5) is 1.68. The molecule has 1 aliphatic rings. The van der Waals surface area contributed by atoms with Crippen molar-refractivity contribution in [3.8, 4) is 0 Å². The topological polar surface area (TPSA) is 49.4 Å². The third kappa shape index (κ3) is 4.00. The van der Waals surface area contributed by atoms with Gasteiger partial charge in [0.25, 0.3) is 0 Å². The Labute approximate surface area is 131 Å². The minimum Gasteiger partial charge on any atom is -0.303 e. The van der Waals surface area contributed by atoms with E-state index in [1.807, 2.05) is 0 Å². The number of benzene rings is 1. The normalized spacial score (nSPS) is 18.1. The minimum atomic E-state index is -4.02. The maximum Gasteiger partial charge on any atom is 0.244 e. The Bertz CT molecular complexity index is 594. The van der Waals surface area contributed by atoms with Crippen LogP contribution < -0.4 is 4.72 Å². The Balaban J connectivity index is 2.16. The van der Waals surface area contributed by atoms with E-state index in [0.29, 0.717) is 18.9 Å². The van der Waals surface area contributed by atoms with Crippen LogP contribution in [0.1, 0.15) is 19.8 Å². The highest BCUT2D eigenvalue weighted by Gasteiger charge is 2.28. The van der Waals surface area contributed by atoms with E-state index in [1.165, 1.54) is 0 Å². The number of hydrogen-bond acceptors (Lipinski definition) is 3. The van der Waals surface area contributed by atoms with E-state index >= 15 is 0 Å². The molecular formula is C13H17BrF2N2O2S. The number of nitrogens with one attached hydrogen (secondary N) is 1. The molecule has 1 fully saturated rings. The SMILES string of the molecule is CCN1CCC(NS(=O)(=O)c2c(F)cc(F)cc2Br)CC1. The largest absolute Gasteiger partial charge is 0.303 e. The maximum atomic E-state index is 13.8. The average molecular weight is 383 g/mol. The molecule has 4 nitrogen and oxygen atoms in total. The minimum absolute atomic E-state index is 0.113. The molecule has 0 aliphatic carbocycles. The van der Waals surface area contributed by atoms with Crippen LogP contribution in [0.3, 0.4) is 0 Å². The summed E-state index contributed by atoms with van der Waals surface area (Å²) in [6.45, 7) is 4.58. The number of likely N-dealkylation sites (tertiary alicyclic amines) is 1. The first-order valence-corrected chi connectivity index (χ1v) is 9.00. The molecule has 1 aliphatic heterocycles. The molecule has 0 aromatic heterocycles. The fraction of sp³-hybridized carbons (Fsp3) is 0.538. The van der Waals surface area contributed by atoms with Crippen LogP contribution in [0.2, 0.25) is 0 Å². The van der Waals surface area contributed by atoms with Crippen molar-refractivity contribution < 1.29 is 17.2 Å². The predicted molar refractivity (Wildman–Crippen MR) is 79.5 cm³/mol. The van der Waals surface area contributed by atoms with Crippen molar-refractivity contribution in [3.63, 3.8) is 0 Å². The second-order valence-electron chi connectivity index (χ2n) is 5.03. The molecule has 0 amide bonds. The van der Waals surface area contributed by atoms with Gasteiger partial charge >= 0.3 is 0 Å². The Morgan fingerprint density at radius 2 is 1.95 bits per heavy atom. The first-order chi connectivity index (χ1) is 9.83. The van der Waals surface area contributed by atoms with Gasteiger partial charge in [-0.2, -0.15) is 0 Å². The summed E-state index contributed by atoms with van der Waals surface area (Å²) in [7, 11) is -4.02. The van der Waals surface area contributed by atoms with Gasteiger partial charge in [-0.15, -0.1) is 0 Å². The summed E-state index contributed by atoms with van der Waals surface area (Å²) in [5, 5.41) is 0. The van der Waals surface area contributed by atoms with E-state index in [0.717, 1.165) is 25.7 Å². The molecule has 0 radical (unpaired) electrons. The van der Waals surface area contributed by atoms with Gasteiger partial charge in [-0.1, -0.05) is 6.92 Å². The number of halogens is 3. The van der Waals surface area contributed by atoms with Crippen LogP contribution in [-0.2, 0) is 10.0 Å². The van der Waals surface area contributed by atoms with Gasteiger partial charge in [0, 0.05) is 16.6 Å². The summed E-state index contributed by atoms with van der Waals surface area (Å²) < 4.78 is 53.8. The van der Waals surface area contributed by atoms with Crippen molar-refractivity contribution in [2.24, 2.45) is 0 Å². The Morgan fingerprint density at radius 3 is 2.48 bits per heavy atom. The fourth-order valence-corrected chi connectivity index (χ4v) is 4.90. The molecule has 21 heavy (non-hydrogen) atoms. The van der Waals surface area contributed by atoms with E-state index in [1.54, 1.807) is 0 Å². The lowest BCUT2D eigenvalue weighted by Crippen LogP contribution is -2.44. The number of piperidine rings is 1. The first-order valence-electron chi connectivity index (χ1n) is 6.72. The molecule has 0 atom stereocenters. The molecule has 1 heterocycles. The van der Waals surface area contributed by atoms with Gasteiger partial charge in [-0.3, -0.25) is 0 Å². The van der Waals surface area contributed by atoms with Gasteiger partial charge in [0.2, 0.25) is 10.0 Å². The van der Waals surface area contributed by atoms with Crippen molar-refractivity contribution in [2.75, 3.05) is 19.6 Å². The van der Waals surface area contributed by atoms with Gasteiger partial charge in [0.05, 0.1) is 0 Å². The zero-order valence-corrected chi connectivity index (χ0v) is 14.0. The lowest BCUT2D eigenvalue weighted by atomic mass is 10.1. The molecule has 0 bridgehead atoms. The van der Waals surface area contributed by atoms with Crippen LogP contribution >= 0.6 is 15.9 Å². The van der Waals surface area contributed by atoms with Gasteiger partial charge in [0.1, 0.15) is 16.5 Å². The zero-order chi connectivity index (χ0) is 15.6.